The normalized spacial score (nSPS) is 10.6. The molecule has 0 saturated carbocycles. The van der Waals surface area contributed by atoms with E-state index in [9.17, 15) is 9.59 Å². The summed E-state index contributed by atoms with van der Waals surface area (Å²) in [7, 11) is 1.43. The molecular weight excluding hydrogens is 431 g/mol. The van der Waals surface area contributed by atoms with Gasteiger partial charge in [-0.25, -0.2) is 15.2 Å². The van der Waals surface area contributed by atoms with E-state index in [-0.39, 0.29) is 27.8 Å². The lowest BCUT2D eigenvalue weighted by Gasteiger charge is -2.10. The summed E-state index contributed by atoms with van der Waals surface area (Å²) in [4.78, 5) is 32.0. The quantitative estimate of drug-likeness (QED) is 0.268. The number of esters is 1. The molecule has 1 heterocycles. The highest BCUT2D eigenvalue weighted by molar-refractivity contribution is 6.36. The Morgan fingerprint density at radius 2 is 1.93 bits per heavy atom. The molecule has 0 aliphatic rings. The minimum Gasteiger partial charge on any atom is -0.493 e. The number of hydrogen-bond acceptors (Lipinski definition) is 7. The van der Waals surface area contributed by atoms with Gasteiger partial charge in [0.25, 0.3) is 5.91 Å². The largest absolute Gasteiger partial charge is 0.493 e. The molecule has 0 atom stereocenters. The van der Waals surface area contributed by atoms with Crippen LogP contribution >= 0.6 is 23.2 Å². The molecule has 3 rings (SSSR count). The highest BCUT2D eigenvalue weighted by Crippen LogP contribution is 2.29. The van der Waals surface area contributed by atoms with Gasteiger partial charge in [-0.1, -0.05) is 23.2 Å². The summed E-state index contributed by atoms with van der Waals surface area (Å²) in [5, 5.41) is 4.45. The number of carbonyl (C=O) groups is 2. The number of ether oxygens (including phenoxy) is 2. The summed E-state index contributed by atoms with van der Waals surface area (Å²) in [6, 6.07) is 9.21. The Bertz CT molecular complexity index is 1110. The molecule has 0 bridgehead atoms. The maximum atomic E-state index is 12.4. The molecule has 2 aromatic carbocycles. The van der Waals surface area contributed by atoms with Crippen LogP contribution in [0.25, 0.3) is 0 Å². The Labute approximate surface area is 181 Å². The van der Waals surface area contributed by atoms with Crippen molar-refractivity contribution in [1.29, 1.82) is 0 Å². The fraction of sp³-hybridized carbons (Fsp3) is 0.0500. The number of rotatable bonds is 6. The minimum atomic E-state index is -0.660. The SMILES string of the molecule is COc1cc(C=NNC(=O)c2cnccn2)ccc1OC(=O)c1ccc(Cl)cc1Cl. The molecule has 0 fully saturated rings. The van der Waals surface area contributed by atoms with Crippen molar-refractivity contribution in [2.75, 3.05) is 7.11 Å². The van der Waals surface area contributed by atoms with Crippen LogP contribution in [0, 0.1) is 0 Å². The van der Waals surface area contributed by atoms with Crippen LogP contribution < -0.4 is 14.9 Å². The third-order valence-corrected chi connectivity index (χ3v) is 4.26. The molecule has 0 aliphatic heterocycles. The lowest BCUT2D eigenvalue weighted by atomic mass is 10.2. The molecule has 1 aromatic heterocycles. The number of carbonyl (C=O) groups excluding carboxylic acids is 2. The second-order valence-electron chi connectivity index (χ2n) is 5.71. The van der Waals surface area contributed by atoms with Crippen molar-refractivity contribution in [2.24, 2.45) is 5.10 Å². The average molecular weight is 445 g/mol. The first kappa shape index (κ1) is 21.2. The van der Waals surface area contributed by atoms with Crippen LogP contribution in [0.1, 0.15) is 26.4 Å². The summed E-state index contributed by atoms with van der Waals surface area (Å²) >= 11 is 11.9. The van der Waals surface area contributed by atoms with E-state index in [1.807, 2.05) is 0 Å². The Morgan fingerprint density at radius 3 is 2.63 bits per heavy atom. The Kier molecular flexibility index (Phi) is 6.95. The van der Waals surface area contributed by atoms with Gasteiger partial charge in [-0.15, -0.1) is 0 Å². The number of hydrazone groups is 1. The lowest BCUT2D eigenvalue weighted by Crippen LogP contribution is -2.19. The maximum absolute atomic E-state index is 12.4. The lowest BCUT2D eigenvalue weighted by molar-refractivity contribution is 0.0729. The van der Waals surface area contributed by atoms with Gasteiger partial charge < -0.3 is 9.47 Å². The Hall–Kier alpha value is -3.49. The summed E-state index contributed by atoms with van der Waals surface area (Å²) in [6.45, 7) is 0. The Morgan fingerprint density at radius 1 is 1.10 bits per heavy atom. The van der Waals surface area contributed by atoms with Gasteiger partial charge in [0.1, 0.15) is 5.69 Å². The second-order valence-corrected chi connectivity index (χ2v) is 6.56. The summed E-state index contributed by atoms with van der Waals surface area (Å²) in [5.74, 6) is -0.684. The van der Waals surface area contributed by atoms with Crippen molar-refractivity contribution in [2.45, 2.75) is 0 Å². The summed E-state index contributed by atoms with van der Waals surface area (Å²) in [5.41, 5.74) is 3.24. The molecule has 1 N–H and O–H groups in total. The smallest absolute Gasteiger partial charge is 0.345 e. The number of nitrogens with zero attached hydrogens (tertiary/aromatic N) is 3. The standard InChI is InChI=1S/C20H14Cl2N4O4/c1-29-18-8-12(10-25-26-19(27)16-11-23-6-7-24-16)2-5-17(18)30-20(28)14-4-3-13(21)9-15(14)22/h2-11H,1H3,(H,26,27). The van der Waals surface area contributed by atoms with Gasteiger partial charge in [0.15, 0.2) is 11.5 Å². The zero-order valence-electron chi connectivity index (χ0n) is 15.5. The van der Waals surface area contributed by atoms with Crippen LogP contribution in [0.2, 0.25) is 10.0 Å². The molecule has 0 saturated heterocycles. The van der Waals surface area contributed by atoms with Gasteiger partial charge in [-0.3, -0.25) is 9.78 Å². The zero-order valence-corrected chi connectivity index (χ0v) is 17.0. The molecular formula is C20H14Cl2N4O4. The molecule has 0 radical (unpaired) electrons. The fourth-order valence-electron chi connectivity index (χ4n) is 2.30. The van der Waals surface area contributed by atoms with Gasteiger partial charge in [-0.2, -0.15) is 5.10 Å². The van der Waals surface area contributed by atoms with Gasteiger partial charge in [0.05, 0.1) is 30.1 Å². The van der Waals surface area contributed by atoms with Gasteiger partial charge in [0, 0.05) is 17.4 Å². The van der Waals surface area contributed by atoms with E-state index in [0.29, 0.717) is 10.6 Å². The molecule has 8 nitrogen and oxygen atoms in total. The Balaban J connectivity index is 1.70. The molecule has 10 heteroatoms. The third-order valence-electron chi connectivity index (χ3n) is 3.72. The summed E-state index contributed by atoms with van der Waals surface area (Å²) < 4.78 is 10.6. The molecule has 0 aliphatic carbocycles. The van der Waals surface area contributed by atoms with Crippen molar-refractivity contribution in [3.8, 4) is 11.5 Å². The van der Waals surface area contributed by atoms with Gasteiger partial charge in [0.2, 0.25) is 0 Å². The van der Waals surface area contributed by atoms with E-state index in [1.54, 1.807) is 12.1 Å². The van der Waals surface area contributed by atoms with Crippen LogP contribution in [0.15, 0.2) is 60.1 Å². The molecule has 0 unspecified atom stereocenters. The first-order valence-electron chi connectivity index (χ1n) is 8.42. The highest BCUT2D eigenvalue weighted by atomic mass is 35.5. The highest BCUT2D eigenvalue weighted by Gasteiger charge is 2.16. The van der Waals surface area contributed by atoms with Crippen molar-refractivity contribution < 1.29 is 19.1 Å². The van der Waals surface area contributed by atoms with Gasteiger partial charge in [-0.05, 0) is 42.0 Å². The van der Waals surface area contributed by atoms with Crippen LogP contribution in [-0.4, -0.2) is 35.2 Å². The van der Waals surface area contributed by atoms with Crippen molar-refractivity contribution in [1.82, 2.24) is 15.4 Å². The predicted octanol–water partition coefficient (Wildman–Crippen LogP) is 3.78. The van der Waals surface area contributed by atoms with E-state index in [4.69, 9.17) is 32.7 Å². The number of benzene rings is 2. The molecule has 30 heavy (non-hydrogen) atoms. The fourth-order valence-corrected chi connectivity index (χ4v) is 2.78. The number of halogens is 2. The van der Waals surface area contributed by atoms with Crippen LogP contribution in [0.4, 0.5) is 0 Å². The topological polar surface area (TPSA) is 103 Å². The molecule has 152 valence electrons. The number of nitrogens with one attached hydrogen (secondary N) is 1. The van der Waals surface area contributed by atoms with E-state index in [0.717, 1.165) is 0 Å². The maximum Gasteiger partial charge on any atom is 0.345 e. The third kappa shape index (κ3) is 5.31. The minimum absolute atomic E-state index is 0.135. The van der Waals surface area contributed by atoms with Crippen molar-refractivity contribution in [3.63, 3.8) is 0 Å². The van der Waals surface area contributed by atoms with Crippen LogP contribution in [0.5, 0.6) is 11.5 Å². The van der Waals surface area contributed by atoms with E-state index >= 15 is 0 Å². The van der Waals surface area contributed by atoms with Crippen molar-refractivity contribution in [3.05, 3.63) is 81.9 Å². The molecule has 0 spiro atoms. The predicted molar refractivity (Wildman–Crippen MR) is 112 cm³/mol. The number of amides is 1. The number of methoxy groups -OCH3 is 1. The zero-order chi connectivity index (χ0) is 21.5. The molecule has 3 aromatic rings. The van der Waals surface area contributed by atoms with Gasteiger partial charge >= 0.3 is 5.97 Å². The second kappa shape index (κ2) is 9.82. The summed E-state index contributed by atoms with van der Waals surface area (Å²) in [6.07, 6.45) is 5.59. The monoisotopic (exact) mass is 444 g/mol. The van der Waals surface area contributed by atoms with E-state index < -0.39 is 11.9 Å². The van der Waals surface area contributed by atoms with E-state index in [2.05, 4.69) is 20.5 Å². The van der Waals surface area contributed by atoms with Crippen molar-refractivity contribution >= 4 is 41.3 Å². The van der Waals surface area contributed by atoms with Crippen LogP contribution in [-0.2, 0) is 0 Å². The van der Waals surface area contributed by atoms with E-state index in [1.165, 1.54) is 56.2 Å². The first-order chi connectivity index (χ1) is 14.5. The first-order valence-corrected chi connectivity index (χ1v) is 9.18. The average Bonchev–Trinajstić information content (AvgIpc) is 2.75. The number of hydrogen-bond donors (Lipinski definition) is 1. The van der Waals surface area contributed by atoms with Crippen LogP contribution in [0.3, 0.4) is 0 Å². The number of aromatic nitrogens is 2. The molecule has 1 amide bonds.